The predicted octanol–water partition coefficient (Wildman–Crippen LogP) is 2.73. The van der Waals surface area contributed by atoms with Crippen molar-refractivity contribution >= 4 is 38.4 Å². The molecule has 1 heterocycles. The van der Waals surface area contributed by atoms with Crippen molar-refractivity contribution in [3.63, 3.8) is 0 Å². The van der Waals surface area contributed by atoms with Gasteiger partial charge in [-0.15, -0.1) is 11.6 Å². The number of alkyl halides is 1. The summed E-state index contributed by atoms with van der Waals surface area (Å²) in [5.74, 6) is 0.685. The fourth-order valence-corrected chi connectivity index (χ4v) is 2.24. The fourth-order valence-electron chi connectivity index (χ4n) is 1.45. The molecular formula is C10H8BrClN2O. The lowest BCUT2D eigenvalue weighted by atomic mass is 10.2. The normalized spacial score (nSPS) is 10.9. The van der Waals surface area contributed by atoms with Crippen molar-refractivity contribution in [3.8, 4) is 0 Å². The number of hydrogen-bond donors (Lipinski definition) is 1. The average molecular weight is 288 g/mol. The Kier molecular flexibility index (Phi) is 2.80. The molecule has 1 aromatic heterocycles. The standard InChI is InChI=1S/C10H8BrClN2O/c1-5-2-6-9(7(11)3-5)13-8(4-12)14-10(6)15/h2-3H,4H2,1H3,(H,13,14,15). The zero-order chi connectivity index (χ0) is 11.0. The molecule has 0 fully saturated rings. The van der Waals surface area contributed by atoms with Crippen LogP contribution in [0.15, 0.2) is 21.4 Å². The molecule has 2 aromatic rings. The summed E-state index contributed by atoms with van der Waals surface area (Å²) in [6, 6.07) is 3.73. The van der Waals surface area contributed by atoms with Crippen LogP contribution in [-0.2, 0) is 5.88 Å². The van der Waals surface area contributed by atoms with Gasteiger partial charge in [-0.05, 0) is 40.5 Å². The topological polar surface area (TPSA) is 45.8 Å². The van der Waals surface area contributed by atoms with Gasteiger partial charge in [0.15, 0.2) is 0 Å². The highest BCUT2D eigenvalue weighted by molar-refractivity contribution is 9.10. The number of fused-ring (bicyclic) bond motifs is 1. The number of benzene rings is 1. The minimum atomic E-state index is -0.153. The SMILES string of the molecule is Cc1cc(Br)c2nc(CCl)[nH]c(=O)c2c1. The second kappa shape index (κ2) is 3.94. The number of hydrogen-bond acceptors (Lipinski definition) is 2. The minimum absolute atomic E-state index is 0.153. The Morgan fingerprint density at radius 2 is 2.27 bits per heavy atom. The van der Waals surface area contributed by atoms with E-state index in [2.05, 4.69) is 25.9 Å². The molecule has 2 rings (SSSR count). The number of aryl methyl sites for hydroxylation is 1. The molecule has 0 amide bonds. The van der Waals surface area contributed by atoms with Crippen LogP contribution in [0.3, 0.4) is 0 Å². The first-order valence-electron chi connectivity index (χ1n) is 4.37. The van der Waals surface area contributed by atoms with Gasteiger partial charge in [-0.1, -0.05) is 0 Å². The summed E-state index contributed by atoms with van der Waals surface area (Å²) in [5.41, 5.74) is 1.51. The van der Waals surface area contributed by atoms with Crippen LogP contribution >= 0.6 is 27.5 Å². The van der Waals surface area contributed by atoms with Gasteiger partial charge in [-0.2, -0.15) is 0 Å². The zero-order valence-electron chi connectivity index (χ0n) is 7.97. The summed E-state index contributed by atoms with van der Waals surface area (Å²) in [6.07, 6.45) is 0. The van der Waals surface area contributed by atoms with Crippen molar-refractivity contribution in [2.75, 3.05) is 0 Å². The Hall–Kier alpha value is -0.870. The van der Waals surface area contributed by atoms with Crippen LogP contribution < -0.4 is 5.56 Å². The summed E-state index contributed by atoms with van der Waals surface area (Å²) < 4.78 is 0.815. The maximum atomic E-state index is 11.7. The number of halogens is 2. The molecule has 78 valence electrons. The third-order valence-electron chi connectivity index (χ3n) is 2.08. The zero-order valence-corrected chi connectivity index (χ0v) is 10.3. The number of nitrogens with zero attached hydrogens (tertiary/aromatic N) is 1. The van der Waals surface area contributed by atoms with Gasteiger partial charge in [-0.25, -0.2) is 4.98 Å². The number of aromatic amines is 1. The van der Waals surface area contributed by atoms with Gasteiger partial charge in [-0.3, -0.25) is 4.79 Å². The van der Waals surface area contributed by atoms with E-state index >= 15 is 0 Å². The Morgan fingerprint density at radius 1 is 1.53 bits per heavy atom. The van der Waals surface area contributed by atoms with E-state index < -0.39 is 0 Å². The van der Waals surface area contributed by atoms with E-state index in [1.54, 1.807) is 0 Å². The van der Waals surface area contributed by atoms with E-state index in [4.69, 9.17) is 11.6 Å². The second-order valence-electron chi connectivity index (χ2n) is 3.29. The Morgan fingerprint density at radius 3 is 2.93 bits per heavy atom. The van der Waals surface area contributed by atoms with Gasteiger partial charge in [0.05, 0.1) is 16.8 Å². The van der Waals surface area contributed by atoms with Crippen LogP contribution in [0.2, 0.25) is 0 Å². The maximum absolute atomic E-state index is 11.7. The van der Waals surface area contributed by atoms with E-state index in [0.717, 1.165) is 10.0 Å². The molecule has 0 saturated carbocycles. The molecule has 0 aliphatic rings. The lowest BCUT2D eigenvalue weighted by molar-refractivity contribution is 1.03. The van der Waals surface area contributed by atoms with Crippen LogP contribution in [0.4, 0.5) is 0 Å². The van der Waals surface area contributed by atoms with Gasteiger partial charge in [0.2, 0.25) is 0 Å². The van der Waals surface area contributed by atoms with E-state index in [1.165, 1.54) is 0 Å². The maximum Gasteiger partial charge on any atom is 0.258 e. The van der Waals surface area contributed by atoms with E-state index in [-0.39, 0.29) is 11.4 Å². The highest BCUT2D eigenvalue weighted by Gasteiger charge is 2.07. The average Bonchev–Trinajstić information content (AvgIpc) is 2.19. The van der Waals surface area contributed by atoms with Gasteiger partial charge in [0, 0.05) is 4.47 Å². The molecule has 0 unspecified atom stereocenters. The van der Waals surface area contributed by atoms with Crippen molar-refractivity contribution in [1.29, 1.82) is 0 Å². The third-order valence-corrected chi connectivity index (χ3v) is 2.94. The monoisotopic (exact) mass is 286 g/mol. The first-order valence-corrected chi connectivity index (χ1v) is 5.69. The summed E-state index contributed by atoms with van der Waals surface area (Å²) in [5, 5.41) is 0.579. The largest absolute Gasteiger partial charge is 0.309 e. The van der Waals surface area contributed by atoms with Crippen molar-refractivity contribution in [2.24, 2.45) is 0 Å². The fraction of sp³-hybridized carbons (Fsp3) is 0.200. The first kappa shape index (κ1) is 10.6. The molecule has 0 bridgehead atoms. The molecule has 15 heavy (non-hydrogen) atoms. The molecule has 0 aliphatic carbocycles. The summed E-state index contributed by atoms with van der Waals surface area (Å²) in [7, 11) is 0. The number of rotatable bonds is 1. The van der Waals surface area contributed by atoms with E-state index in [1.807, 2.05) is 19.1 Å². The Balaban J connectivity index is 2.91. The minimum Gasteiger partial charge on any atom is -0.309 e. The predicted molar refractivity (Wildman–Crippen MR) is 64.4 cm³/mol. The lowest BCUT2D eigenvalue weighted by Gasteiger charge is -2.03. The Bertz CT molecular complexity index is 579. The molecule has 0 saturated heterocycles. The van der Waals surface area contributed by atoms with E-state index in [9.17, 15) is 4.79 Å². The van der Waals surface area contributed by atoms with Gasteiger partial charge in [0.1, 0.15) is 5.82 Å². The van der Waals surface area contributed by atoms with Gasteiger partial charge < -0.3 is 4.98 Å². The van der Waals surface area contributed by atoms with Crippen molar-refractivity contribution in [2.45, 2.75) is 12.8 Å². The smallest absolute Gasteiger partial charge is 0.258 e. The molecule has 0 radical (unpaired) electrons. The van der Waals surface area contributed by atoms with Crippen LogP contribution in [0, 0.1) is 6.92 Å². The molecule has 3 nitrogen and oxygen atoms in total. The van der Waals surface area contributed by atoms with Crippen LogP contribution in [0.25, 0.3) is 10.9 Å². The number of nitrogens with one attached hydrogen (secondary N) is 1. The summed E-state index contributed by atoms with van der Waals surface area (Å²) in [6.45, 7) is 1.93. The van der Waals surface area contributed by atoms with E-state index in [0.29, 0.717) is 16.7 Å². The number of H-pyrrole nitrogens is 1. The van der Waals surface area contributed by atoms with Crippen LogP contribution in [-0.4, -0.2) is 9.97 Å². The molecule has 5 heteroatoms. The van der Waals surface area contributed by atoms with Crippen LogP contribution in [0.1, 0.15) is 11.4 Å². The highest BCUT2D eigenvalue weighted by Crippen LogP contribution is 2.21. The molecular weight excluding hydrogens is 279 g/mol. The van der Waals surface area contributed by atoms with Crippen molar-refractivity contribution in [1.82, 2.24) is 9.97 Å². The first-order chi connectivity index (χ1) is 7.11. The molecule has 0 aliphatic heterocycles. The van der Waals surface area contributed by atoms with Gasteiger partial charge in [0.25, 0.3) is 5.56 Å². The lowest BCUT2D eigenvalue weighted by Crippen LogP contribution is -2.11. The van der Waals surface area contributed by atoms with Crippen molar-refractivity contribution < 1.29 is 0 Å². The van der Waals surface area contributed by atoms with Crippen molar-refractivity contribution in [3.05, 3.63) is 38.3 Å². The molecule has 1 aromatic carbocycles. The van der Waals surface area contributed by atoms with Crippen LogP contribution in [0.5, 0.6) is 0 Å². The molecule has 0 spiro atoms. The van der Waals surface area contributed by atoms with Gasteiger partial charge >= 0.3 is 0 Å². The third kappa shape index (κ3) is 1.92. The summed E-state index contributed by atoms with van der Waals surface area (Å²) in [4.78, 5) is 18.6. The molecule has 1 N–H and O–H groups in total. The number of aromatic nitrogens is 2. The molecule has 0 atom stereocenters. The summed E-state index contributed by atoms with van der Waals surface area (Å²) >= 11 is 9.02. The highest BCUT2D eigenvalue weighted by atomic mass is 79.9. The second-order valence-corrected chi connectivity index (χ2v) is 4.41. The quantitative estimate of drug-likeness (QED) is 0.820. The Labute approximate surface area is 99.6 Å².